The topological polar surface area (TPSA) is 81.2 Å². The second-order valence-electron chi connectivity index (χ2n) is 6.00. The molecule has 2 heterocycles. The average Bonchev–Trinajstić information content (AvgIpc) is 2.67. The van der Waals surface area contributed by atoms with Crippen LogP contribution in [-0.4, -0.2) is 91.2 Å². The van der Waals surface area contributed by atoms with E-state index >= 15 is 0 Å². The molecule has 20 heavy (non-hydrogen) atoms. The summed E-state index contributed by atoms with van der Waals surface area (Å²) < 4.78 is 24.2. The first-order valence-corrected chi connectivity index (χ1v) is 8.70. The second-order valence-corrected chi connectivity index (χ2v) is 7.98. The lowest BCUT2D eigenvalue weighted by atomic mass is 10.1. The molecule has 0 bridgehead atoms. The van der Waals surface area contributed by atoms with Crippen LogP contribution in [0.5, 0.6) is 0 Å². The van der Waals surface area contributed by atoms with Crippen molar-refractivity contribution in [3.63, 3.8) is 0 Å². The minimum absolute atomic E-state index is 0.0100. The number of rotatable bonds is 3. The number of carbonyl (C=O) groups is 1. The molecule has 7 nitrogen and oxygen atoms in total. The zero-order valence-corrected chi connectivity index (χ0v) is 12.9. The number of carbonyl (C=O) groups excluding carboxylic acids is 1. The molecule has 0 aromatic carbocycles. The van der Waals surface area contributed by atoms with Crippen LogP contribution in [0, 0.1) is 0 Å². The van der Waals surface area contributed by atoms with Gasteiger partial charge in [-0.15, -0.1) is 0 Å². The summed E-state index contributed by atoms with van der Waals surface area (Å²) in [7, 11) is -3.16. The predicted octanol–water partition coefficient (Wildman–Crippen LogP) is -1.45. The van der Waals surface area contributed by atoms with Crippen LogP contribution in [0.1, 0.15) is 13.3 Å². The Morgan fingerprint density at radius 1 is 1.20 bits per heavy atom. The monoisotopic (exact) mass is 305 g/mol. The SMILES string of the molecule is CC1(O)CCN(CC(=O)N2CCN(S(C)(=O)=O)CC2)C1. The maximum absolute atomic E-state index is 12.2. The molecule has 1 unspecified atom stereocenters. The molecule has 0 aliphatic carbocycles. The smallest absolute Gasteiger partial charge is 0.236 e. The molecule has 2 fully saturated rings. The van der Waals surface area contributed by atoms with Crippen LogP contribution in [0.2, 0.25) is 0 Å². The highest BCUT2D eigenvalue weighted by Gasteiger charge is 2.33. The van der Waals surface area contributed by atoms with Gasteiger partial charge in [0, 0.05) is 39.3 Å². The van der Waals surface area contributed by atoms with Crippen molar-refractivity contribution in [2.24, 2.45) is 0 Å². The number of sulfonamides is 1. The number of likely N-dealkylation sites (tertiary alicyclic amines) is 1. The molecule has 2 aliphatic heterocycles. The predicted molar refractivity (Wildman–Crippen MR) is 74.7 cm³/mol. The summed E-state index contributed by atoms with van der Waals surface area (Å²) in [4.78, 5) is 15.8. The number of amides is 1. The fourth-order valence-corrected chi connectivity index (χ4v) is 3.56. The van der Waals surface area contributed by atoms with E-state index in [1.165, 1.54) is 10.6 Å². The van der Waals surface area contributed by atoms with Gasteiger partial charge < -0.3 is 10.0 Å². The summed E-state index contributed by atoms with van der Waals surface area (Å²) in [6.45, 7) is 4.93. The van der Waals surface area contributed by atoms with Gasteiger partial charge in [0.25, 0.3) is 0 Å². The molecule has 2 rings (SSSR count). The first kappa shape index (κ1) is 15.7. The third-order valence-electron chi connectivity index (χ3n) is 3.95. The number of hydrogen-bond donors (Lipinski definition) is 1. The van der Waals surface area contributed by atoms with Gasteiger partial charge in [-0.25, -0.2) is 8.42 Å². The van der Waals surface area contributed by atoms with Crippen molar-refractivity contribution in [3.05, 3.63) is 0 Å². The van der Waals surface area contributed by atoms with Gasteiger partial charge in [0.15, 0.2) is 0 Å². The molecular formula is C12H23N3O4S. The van der Waals surface area contributed by atoms with E-state index in [4.69, 9.17) is 0 Å². The fourth-order valence-electron chi connectivity index (χ4n) is 2.73. The Bertz CT molecular complexity index is 469. The summed E-state index contributed by atoms with van der Waals surface area (Å²) >= 11 is 0. The van der Waals surface area contributed by atoms with Gasteiger partial charge in [0.2, 0.25) is 15.9 Å². The quantitative estimate of drug-likeness (QED) is 0.690. The number of piperazine rings is 1. The Labute approximate surface area is 120 Å². The number of aliphatic hydroxyl groups is 1. The largest absolute Gasteiger partial charge is 0.389 e. The first-order chi connectivity index (χ1) is 9.17. The standard InChI is InChI=1S/C12H23N3O4S/c1-12(17)3-4-13(10-12)9-11(16)14-5-7-15(8-6-14)20(2,18)19/h17H,3-10H2,1-2H3. The Balaban J connectivity index is 1.81. The summed E-state index contributed by atoms with van der Waals surface area (Å²) in [5.74, 6) is 0.0100. The number of β-amino-alcohol motifs (C(OH)–C–C–N with tert-alkyl or cyclic N) is 1. The molecular weight excluding hydrogens is 282 g/mol. The maximum atomic E-state index is 12.2. The first-order valence-electron chi connectivity index (χ1n) is 6.85. The molecule has 0 spiro atoms. The van der Waals surface area contributed by atoms with E-state index in [0.717, 1.165) is 6.54 Å². The Kier molecular flexibility index (Phi) is 4.38. The molecule has 8 heteroatoms. The lowest BCUT2D eigenvalue weighted by molar-refractivity contribution is -0.133. The Morgan fingerprint density at radius 2 is 1.80 bits per heavy atom. The lowest BCUT2D eigenvalue weighted by Crippen LogP contribution is -2.52. The van der Waals surface area contributed by atoms with Crippen LogP contribution in [0.3, 0.4) is 0 Å². The van der Waals surface area contributed by atoms with Crippen LogP contribution in [-0.2, 0) is 14.8 Å². The number of nitrogens with zero attached hydrogens (tertiary/aromatic N) is 3. The molecule has 116 valence electrons. The van der Waals surface area contributed by atoms with Crippen molar-refractivity contribution in [2.45, 2.75) is 18.9 Å². The molecule has 1 amide bonds. The van der Waals surface area contributed by atoms with Crippen molar-refractivity contribution < 1.29 is 18.3 Å². The average molecular weight is 305 g/mol. The van der Waals surface area contributed by atoms with E-state index in [1.807, 2.05) is 4.90 Å². The van der Waals surface area contributed by atoms with Gasteiger partial charge in [-0.3, -0.25) is 9.69 Å². The molecule has 2 aliphatic rings. The van der Waals surface area contributed by atoms with Crippen molar-refractivity contribution >= 4 is 15.9 Å². The van der Waals surface area contributed by atoms with Crippen molar-refractivity contribution in [3.8, 4) is 0 Å². The minimum Gasteiger partial charge on any atom is -0.389 e. The lowest BCUT2D eigenvalue weighted by Gasteiger charge is -2.34. The normalized spacial score (nSPS) is 29.9. The molecule has 1 atom stereocenters. The molecule has 1 N–H and O–H groups in total. The van der Waals surface area contributed by atoms with Gasteiger partial charge >= 0.3 is 0 Å². The third-order valence-corrected chi connectivity index (χ3v) is 5.25. The molecule has 0 aromatic heterocycles. The van der Waals surface area contributed by atoms with Crippen LogP contribution in [0.4, 0.5) is 0 Å². The van der Waals surface area contributed by atoms with E-state index in [2.05, 4.69) is 0 Å². The van der Waals surface area contributed by atoms with E-state index in [-0.39, 0.29) is 5.91 Å². The second kappa shape index (κ2) is 5.59. The summed E-state index contributed by atoms with van der Waals surface area (Å²) in [5, 5.41) is 9.87. The van der Waals surface area contributed by atoms with E-state index in [9.17, 15) is 18.3 Å². The van der Waals surface area contributed by atoms with Crippen LogP contribution in [0.15, 0.2) is 0 Å². The highest BCUT2D eigenvalue weighted by Crippen LogP contribution is 2.20. The third kappa shape index (κ3) is 3.91. The fraction of sp³-hybridized carbons (Fsp3) is 0.917. The molecule has 0 saturated carbocycles. The minimum atomic E-state index is -3.16. The van der Waals surface area contributed by atoms with E-state index in [0.29, 0.717) is 45.7 Å². The van der Waals surface area contributed by atoms with E-state index in [1.54, 1.807) is 11.8 Å². The highest BCUT2D eigenvalue weighted by molar-refractivity contribution is 7.88. The van der Waals surface area contributed by atoms with Crippen molar-refractivity contribution in [1.82, 2.24) is 14.1 Å². The zero-order chi connectivity index (χ0) is 15.0. The zero-order valence-electron chi connectivity index (χ0n) is 12.1. The number of hydrogen-bond acceptors (Lipinski definition) is 5. The van der Waals surface area contributed by atoms with Gasteiger partial charge in [-0.05, 0) is 13.3 Å². The van der Waals surface area contributed by atoms with Gasteiger partial charge in [0.1, 0.15) is 0 Å². The molecule has 0 radical (unpaired) electrons. The van der Waals surface area contributed by atoms with E-state index < -0.39 is 15.6 Å². The summed E-state index contributed by atoms with van der Waals surface area (Å²) in [5.41, 5.74) is -0.699. The van der Waals surface area contributed by atoms with Crippen LogP contribution in [0.25, 0.3) is 0 Å². The molecule has 0 aromatic rings. The molecule has 2 saturated heterocycles. The van der Waals surface area contributed by atoms with Crippen molar-refractivity contribution in [1.29, 1.82) is 0 Å². The van der Waals surface area contributed by atoms with Gasteiger partial charge in [-0.2, -0.15) is 4.31 Å². The van der Waals surface area contributed by atoms with Gasteiger partial charge in [-0.1, -0.05) is 0 Å². The Hall–Kier alpha value is -0.700. The summed E-state index contributed by atoms with van der Waals surface area (Å²) in [6, 6.07) is 0. The Morgan fingerprint density at radius 3 is 2.25 bits per heavy atom. The van der Waals surface area contributed by atoms with Crippen LogP contribution >= 0.6 is 0 Å². The summed E-state index contributed by atoms with van der Waals surface area (Å²) in [6.07, 6.45) is 1.87. The van der Waals surface area contributed by atoms with Crippen molar-refractivity contribution in [2.75, 3.05) is 52.1 Å². The van der Waals surface area contributed by atoms with Crippen LogP contribution < -0.4 is 0 Å². The highest BCUT2D eigenvalue weighted by atomic mass is 32.2. The maximum Gasteiger partial charge on any atom is 0.236 e. The van der Waals surface area contributed by atoms with Gasteiger partial charge in [0.05, 0.1) is 18.4 Å².